The summed E-state index contributed by atoms with van der Waals surface area (Å²) in [5.41, 5.74) is 6.59. The number of carbonyl (C=O) groups excluding carboxylic acids is 2. The Morgan fingerprint density at radius 1 is 0.800 bits per heavy atom. The topological polar surface area (TPSA) is 257 Å². The van der Waals surface area contributed by atoms with Crippen LogP contribution in [0.2, 0.25) is 0 Å². The summed E-state index contributed by atoms with van der Waals surface area (Å²) in [6, 6.07) is -1.08. The Morgan fingerprint density at radius 3 is 0.950 bits per heavy atom. The highest BCUT2D eigenvalue weighted by atomic mass is 17.0. The standard InChI is InChI=1S/2C4H9NO2.3H2O2/c2*1-2-3(5)4(6)7;3*1-2/h2*3H,2,5H2,1H3,(H,6,7);3*1-2H/t2*3-;;;/m11.../s1. The van der Waals surface area contributed by atoms with Gasteiger partial charge in [0.1, 0.15) is 12.1 Å². The Labute approximate surface area is 114 Å². The SMILES string of the molecule is CC[C@@H]([NH3+])C(=O)[O-].CC[C@@H]([NH3+])C(=O)[O-].OO.OO.OO. The van der Waals surface area contributed by atoms with Crippen molar-refractivity contribution in [1.29, 1.82) is 0 Å². The van der Waals surface area contributed by atoms with Gasteiger partial charge in [-0.15, -0.1) is 0 Å². The van der Waals surface area contributed by atoms with Crippen LogP contribution < -0.4 is 21.7 Å². The molecule has 0 unspecified atom stereocenters. The number of carboxylic acids is 2. The minimum Gasteiger partial charge on any atom is -0.544 e. The van der Waals surface area contributed by atoms with Crippen LogP contribution in [-0.4, -0.2) is 55.6 Å². The highest BCUT2D eigenvalue weighted by Crippen LogP contribution is 1.77. The van der Waals surface area contributed by atoms with Gasteiger partial charge < -0.3 is 31.3 Å². The van der Waals surface area contributed by atoms with Gasteiger partial charge in [-0.25, -0.2) is 0 Å². The molecule has 0 spiro atoms. The fourth-order valence-electron chi connectivity index (χ4n) is 0.333. The molecule has 126 valence electrons. The first-order valence-corrected chi connectivity index (χ1v) is 5.04. The molecule has 0 aromatic rings. The molecule has 0 rings (SSSR count). The molecule has 0 fully saturated rings. The molecule has 0 saturated carbocycles. The molecular formula is C8H24N2O10. The van der Waals surface area contributed by atoms with E-state index < -0.39 is 24.0 Å². The van der Waals surface area contributed by atoms with E-state index in [9.17, 15) is 19.8 Å². The summed E-state index contributed by atoms with van der Waals surface area (Å²) in [4.78, 5) is 19.5. The molecule has 20 heavy (non-hydrogen) atoms. The van der Waals surface area contributed by atoms with Gasteiger partial charge in [-0.05, 0) is 0 Å². The average Bonchev–Trinajstić information content (AvgIpc) is 2.51. The summed E-state index contributed by atoms with van der Waals surface area (Å²) in [7, 11) is 0. The van der Waals surface area contributed by atoms with Gasteiger partial charge in [0.15, 0.2) is 0 Å². The van der Waals surface area contributed by atoms with E-state index in [4.69, 9.17) is 31.5 Å². The van der Waals surface area contributed by atoms with Crippen molar-refractivity contribution in [1.82, 2.24) is 0 Å². The number of hydrogen-bond acceptors (Lipinski definition) is 10. The van der Waals surface area contributed by atoms with Gasteiger partial charge in [-0.1, -0.05) is 13.8 Å². The Morgan fingerprint density at radius 2 is 0.950 bits per heavy atom. The molecule has 12 heteroatoms. The van der Waals surface area contributed by atoms with Crippen LogP contribution in [0.3, 0.4) is 0 Å². The fourth-order valence-corrected chi connectivity index (χ4v) is 0.333. The molecule has 0 aromatic carbocycles. The third kappa shape index (κ3) is 36.0. The molecule has 0 aliphatic carbocycles. The molecule has 0 aliphatic heterocycles. The lowest BCUT2D eigenvalue weighted by atomic mass is 10.2. The average molecular weight is 308 g/mol. The predicted molar refractivity (Wildman–Crippen MR) is 59.7 cm³/mol. The molecular weight excluding hydrogens is 284 g/mol. The van der Waals surface area contributed by atoms with E-state index in [1.807, 2.05) is 0 Å². The fraction of sp³-hybridized carbons (Fsp3) is 0.750. The first kappa shape index (κ1) is 31.2. The quantitative estimate of drug-likeness (QED) is 0.182. The molecule has 0 saturated heterocycles. The van der Waals surface area contributed by atoms with Gasteiger partial charge in [0, 0.05) is 12.8 Å². The van der Waals surface area contributed by atoms with Crippen molar-refractivity contribution in [2.45, 2.75) is 38.8 Å². The lowest BCUT2D eigenvalue weighted by Crippen LogP contribution is -2.67. The Hall–Kier alpha value is -1.38. The molecule has 0 aliphatic rings. The molecule has 0 aromatic heterocycles. The predicted octanol–water partition coefficient (Wildman–Crippen LogP) is -4.43. The maximum atomic E-state index is 9.76. The second-order valence-corrected chi connectivity index (χ2v) is 2.85. The van der Waals surface area contributed by atoms with Crippen LogP contribution in [-0.2, 0) is 9.59 Å². The van der Waals surface area contributed by atoms with E-state index in [0.717, 1.165) is 0 Å². The Kier molecular flexibility index (Phi) is 47.6. The molecule has 2 atom stereocenters. The lowest BCUT2D eigenvalue weighted by Gasteiger charge is -2.03. The maximum absolute atomic E-state index is 9.76. The van der Waals surface area contributed by atoms with Crippen LogP contribution in [0, 0.1) is 0 Å². The number of quaternary nitrogens is 2. The van der Waals surface area contributed by atoms with Crippen molar-refractivity contribution >= 4 is 11.9 Å². The molecule has 0 bridgehead atoms. The summed E-state index contributed by atoms with van der Waals surface area (Å²) in [5.74, 6) is -2.13. The molecule has 0 heterocycles. The summed E-state index contributed by atoms with van der Waals surface area (Å²) in [6.07, 6.45) is 1.09. The first-order chi connectivity index (χ1) is 9.36. The van der Waals surface area contributed by atoms with Crippen LogP contribution in [0.4, 0.5) is 0 Å². The van der Waals surface area contributed by atoms with E-state index in [1.54, 1.807) is 13.8 Å². The number of aliphatic carboxylic acids is 2. The summed E-state index contributed by atoms with van der Waals surface area (Å²) in [5, 5.41) is 55.5. The molecule has 0 amide bonds. The minimum atomic E-state index is -1.07. The van der Waals surface area contributed by atoms with Crippen LogP contribution >= 0.6 is 0 Å². The lowest BCUT2D eigenvalue weighted by molar-refractivity contribution is -0.437. The highest BCUT2D eigenvalue weighted by Gasteiger charge is 2.00. The van der Waals surface area contributed by atoms with Crippen molar-refractivity contribution in [3.8, 4) is 0 Å². The van der Waals surface area contributed by atoms with Gasteiger partial charge >= 0.3 is 0 Å². The number of rotatable bonds is 4. The van der Waals surface area contributed by atoms with E-state index in [2.05, 4.69) is 11.5 Å². The van der Waals surface area contributed by atoms with Crippen LogP contribution in [0.1, 0.15) is 26.7 Å². The Balaban J connectivity index is -0.0000000545. The van der Waals surface area contributed by atoms with E-state index in [-0.39, 0.29) is 0 Å². The second-order valence-electron chi connectivity index (χ2n) is 2.85. The van der Waals surface area contributed by atoms with E-state index >= 15 is 0 Å². The van der Waals surface area contributed by atoms with Crippen molar-refractivity contribution in [2.75, 3.05) is 0 Å². The normalized spacial score (nSPS) is 10.3. The number of hydrogen-bond donors (Lipinski definition) is 8. The van der Waals surface area contributed by atoms with Crippen LogP contribution in [0.15, 0.2) is 0 Å². The smallest absolute Gasteiger partial charge is 0.124 e. The summed E-state index contributed by atoms with van der Waals surface area (Å²) >= 11 is 0. The van der Waals surface area contributed by atoms with E-state index in [1.165, 1.54) is 0 Å². The molecule has 12 nitrogen and oxygen atoms in total. The van der Waals surface area contributed by atoms with Crippen molar-refractivity contribution in [3.05, 3.63) is 0 Å². The zero-order valence-electron chi connectivity index (χ0n) is 11.3. The minimum absolute atomic E-state index is 0.542. The third-order valence-electron chi connectivity index (χ3n) is 1.65. The maximum Gasteiger partial charge on any atom is 0.124 e. The van der Waals surface area contributed by atoms with Gasteiger partial charge in [-0.2, -0.15) is 0 Å². The molecule has 0 radical (unpaired) electrons. The Bertz CT molecular complexity index is 172. The van der Waals surface area contributed by atoms with Gasteiger partial charge in [-0.3, -0.25) is 31.5 Å². The van der Waals surface area contributed by atoms with Gasteiger partial charge in [0.25, 0.3) is 0 Å². The number of carboxylic acid groups (broad SMARTS) is 2. The summed E-state index contributed by atoms with van der Waals surface area (Å²) < 4.78 is 0. The second kappa shape index (κ2) is 30.6. The zero-order valence-corrected chi connectivity index (χ0v) is 11.3. The van der Waals surface area contributed by atoms with Gasteiger partial charge in [0.2, 0.25) is 0 Å². The van der Waals surface area contributed by atoms with Crippen molar-refractivity contribution in [2.24, 2.45) is 0 Å². The monoisotopic (exact) mass is 308 g/mol. The molecule has 12 N–H and O–H groups in total. The summed E-state index contributed by atoms with van der Waals surface area (Å²) in [6.45, 7) is 3.51. The van der Waals surface area contributed by atoms with Crippen LogP contribution in [0.25, 0.3) is 0 Å². The third-order valence-corrected chi connectivity index (χ3v) is 1.65. The number of carbonyl (C=O) groups is 2. The van der Waals surface area contributed by atoms with Crippen LogP contribution in [0.5, 0.6) is 0 Å². The largest absolute Gasteiger partial charge is 0.544 e. The van der Waals surface area contributed by atoms with Crippen molar-refractivity contribution < 1.29 is 62.8 Å². The first-order valence-electron chi connectivity index (χ1n) is 5.04. The van der Waals surface area contributed by atoms with Crippen molar-refractivity contribution in [3.63, 3.8) is 0 Å². The van der Waals surface area contributed by atoms with E-state index in [0.29, 0.717) is 12.8 Å². The highest BCUT2D eigenvalue weighted by molar-refractivity contribution is 5.69. The van der Waals surface area contributed by atoms with Gasteiger partial charge in [0.05, 0.1) is 11.9 Å². The zero-order chi connectivity index (χ0) is 17.7.